The number of aromatic nitrogens is 3. The Labute approximate surface area is 103 Å². The first-order chi connectivity index (χ1) is 7.78. The monoisotopic (exact) mass is 280 g/mol. The number of halogens is 1. The van der Waals surface area contributed by atoms with Gasteiger partial charge < -0.3 is 5.32 Å². The normalized spacial score (nSPS) is 10.6. The van der Waals surface area contributed by atoms with Gasteiger partial charge in [-0.25, -0.2) is 0 Å². The van der Waals surface area contributed by atoms with Crippen molar-refractivity contribution in [1.29, 1.82) is 0 Å². The van der Waals surface area contributed by atoms with E-state index in [9.17, 15) is 0 Å². The lowest BCUT2D eigenvalue weighted by Crippen LogP contribution is -2.09. The first kappa shape index (κ1) is 11.3. The summed E-state index contributed by atoms with van der Waals surface area (Å²) in [5.41, 5.74) is 2.06. The van der Waals surface area contributed by atoms with Gasteiger partial charge >= 0.3 is 0 Å². The second-order valence-electron chi connectivity index (χ2n) is 3.51. The van der Waals surface area contributed by atoms with Crippen LogP contribution in [0.5, 0.6) is 0 Å². The maximum absolute atomic E-state index is 4.53. The smallest absolute Gasteiger partial charge is 0.0831 e. The molecular formula is C11H13BrN4. The van der Waals surface area contributed by atoms with Crippen molar-refractivity contribution in [2.45, 2.75) is 13.1 Å². The highest BCUT2D eigenvalue weighted by Gasteiger charge is 2.00. The van der Waals surface area contributed by atoms with E-state index in [0.717, 1.165) is 22.4 Å². The molecule has 0 aliphatic rings. The lowest BCUT2D eigenvalue weighted by molar-refractivity contribution is 0.665. The third-order valence-electron chi connectivity index (χ3n) is 2.15. The maximum atomic E-state index is 4.53. The van der Waals surface area contributed by atoms with Gasteiger partial charge in [0, 0.05) is 12.7 Å². The second kappa shape index (κ2) is 5.23. The van der Waals surface area contributed by atoms with E-state index in [-0.39, 0.29) is 0 Å². The predicted molar refractivity (Wildman–Crippen MR) is 66.0 cm³/mol. The van der Waals surface area contributed by atoms with Crippen molar-refractivity contribution in [2.75, 3.05) is 7.05 Å². The summed E-state index contributed by atoms with van der Waals surface area (Å²) in [5.74, 6) is 0. The summed E-state index contributed by atoms with van der Waals surface area (Å²) in [6.07, 6.45) is 3.71. The summed E-state index contributed by atoms with van der Waals surface area (Å²) < 4.78 is 2.84. The van der Waals surface area contributed by atoms with Crippen molar-refractivity contribution in [2.24, 2.45) is 0 Å². The van der Waals surface area contributed by atoms with Gasteiger partial charge in [-0.15, -0.1) is 0 Å². The summed E-state index contributed by atoms with van der Waals surface area (Å²) in [6, 6.07) is 6.04. The third-order valence-corrected chi connectivity index (χ3v) is 2.56. The van der Waals surface area contributed by atoms with Crippen molar-refractivity contribution >= 4 is 15.9 Å². The quantitative estimate of drug-likeness (QED) is 0.929. The van der Waals surface area contributed by atoms with Gasteiger partial charge in [0.1, 0.15) is 0 Å². The zero-order chi connectivity index (χ0) is 11.4. The average Bonchev–Trinajstić information content (AvgIpc) is 2.65. The highest BCUT2D eigenvalue weighted by atomic mass is 79.9. The molecule has 0 saturated carbocycles. The molecule has 0 aromatic carbocycles. The molecular weight excluding hydrogens is 268 g/mol. The largest absolute Gasteiger partial charge is 0.314 e. The minimum atomic E-state index is 0.698. The number of hydrogen-bond donors (Lipinski definition) is 1. The van der Waals surface area contributed by atoms with Crippen LogP contribution in [0.1, 0.15) is 11.4 Å². The fraction of sp³-hybridized carbons (Fsp3) is 0.273. The number of nitrogens with one attached hydrogen (secondary N) is 1. The molecule has 0 saturated heterocycles. The minimum absolute atomic E-state index is 0.698. The molecule has 5 heteroatoms. The van der Waals surface area contributed by atoms with Gasteiger partial charge in [-0.1, -0.05) is 6.07 Å². The molecule has 0 unspecified atom stereocenters. The number of nitrogens with zero attached hydrogens (tertiary/aromatic N) is 3. The Bertz CT molecular complexity index is 467. The van der Waals surface area contributed by atoms with Crippen LogP contribution in [0.25, 0.3) is 0 Å². The molecule has 2 rings (SSSR count). The van der Waals surface area contributed by atoms with E-state index in [2.05, 4.69) is 31.3 Å². The summed E-state index contributed by atoms with van der Waals surface area (Å²) >= 11 is 3.37. The van der Waals surface area contributed by atoms with Crippen molar-refractivity contribution in [3.8, 4) is 0 Å². The lowest BCUT2D eigenvalue weighted by Gasteiger charge is -2.04. The first-order valence-corrected chi connectivity index (χ1v) is 5.84. The third kappa shape index (κ3) is 2.90. The number of rotatable bonds is 4. The second-order valence-corrected chi connectivity index (χ2v) is 4.42. The maximum Gasteiger partial charge on any atom is 0.0831 e. The van der Waals surface area contributed by atoms with E-state index < -0.39 is 0 Å². The van der Waals surface area contributed by atoms with Crippen molar-refractivity contribution in [3.05, 3.63) is 46.5 Å². The van der Waals surface area contributed by atoms with Crippen LogP contribution >= 0.6 is 15.9 Å². The van der Waals surface area contributed by atoms with E-state index in [1.807, 2.05) is 36.1 Å². The van der Waals surface area contributed by atoms with E-state index in [1.54, 1.807) is 6.20 Å². The average molecular weight is 281 g/mol. The molecule has 1 N–H and O–H groups in total. The minimum Gasteiger partial charge on any atom is -0.314 e. The molecule has 84 valence electrons. The summed E-state index contributed by atoms with van der Waals surface area (Å²) in [4.78, 5) is 4.53. The van der Waals surface area contributed by atoms with Gasteiger partial charge in [0.05, 0.1) is 28.6 Å². The topological polar surface area (TPSA) is 42.7 Å². The predicted octanol–water partition coefficient (Wildman–Crippen LogP) is 1.81. The summed E-state index contributed by atoms with van der Waals surface area (Å²) in [7, 11) is 1.92. The van der Waals surface area contributed by atoms with Crippen molar-refractivity contribution < 1.29 is 0 Å². The van der Waals surface area contributed by atoms with E-state index in [4.69, 9.17) is 0 Å². The van der Waals surface area contributed by atoms with Crippen LogP contribution in [0.4, 0.5) is 0 Å². The Morgan fingerprint density at radius 3 is 2.88 bits per heavy atom. The standard InChI is InChI=1S/C11H13BrN4/c1-13-6-10-3-2-4-11(15-10)8-16-7-9(12)5-14-16/h2-5,7,13H,6,8H2,1H3. The van der Waals surface area contributed by atoms with E-state index >= 15 is 0 Å². The lowest BCUT2D eigenvalue weighted by atomic mass is 10.3. The van der Waals surface area contributed by atoms with E-state index in [1.165, 1.54) is 0 Å². The number of pyridine rings is 1. The van der Waals surface area contributed by atoms with Gasteiger partial charge in [-0.3, -0.25) is 9.67 Å². The molecule has 0 amide bonds. The van der Waals surface area contributed by atoms with Crippen molar-refractivity contribution in [1.82, 2.24) is 20.1 Å². The first-order valence-electron chi connectivity index (χ1n) is 5.05. The fourth-order valence-electron chi connectivity index (χ4n) is 1.49. The molecule has 0 fully saturated rings. The Balaban J connectivity index is 2.12. The molecule has 0 atom stereocenters. The fourth-order valence-corrected chi connectivity index (χ4v) is 1.82. The van der Waals surface area contributed by atoms with E-state index in [0.29, 0.717) is 6.54 Å². The number of hydrogen-bond acceptors (Lipinski definition) is 3. The van der Waals surface area contributed by atoms with Gasteiger partial charge in [0.2, 0.25) is 0 Å². The molecule has 2 aromatic heterocycles. The SMILES string of the molecule is CNCc1cccc(Cn2cc(Br)cn2)n1. The zero-order valence-corrected chi connectivity index (χ0v) is 10.6. The molecule has 4 nitrogen and oxygen atoms in total. The van der Waals surface area contributed by atoms with Crippen LogP contribution in [0.2, 0.25) is 0 Å². The Morgan fingerprint density at radius 1 is 1.38 bits per heavy atom. The molecule has 0 aliphatic heterocycles. The van der Waals surface area contributed by atoms with Crippen LogP contribution < -0.4 is 5.32 Å². The molecule has 2 aromatic rings. The zero-order valence-electron chi connectivity index (χ0n) is 9.02. The van der Waals surface area contributed by atoms with Crippen LogP contribution in [0.15, 0.2) is 35.1 Å². The molecule has 2 heterocycles. The Morgan fingerprint density at radius 2 is 2.19 bits per heavy atom. The summed E-state index contributed by atoms with van der Waals surface area (Å²) in [6.45, 7) is 1.49. The molecule has 0 bridgehead atoms. The van der Waals surface area contributed by atoms with Gasteiger partial charge in [0.25, 0.3) is 0 Å². The van der Waals surface area contributed by atoms with Gasteiger partial charge in [0.15, 0.2) is 0 Å². The van der Waals surface area contributed by atoms with Gasteiger partial charge in [-0.2, -0.15) is 5.10 Å². The molecule has 0 aliphatic carbocycles. The molecule has 0 spiro atoms. The Hall–Kier alpha value is -1.20. The molecule has 0 radical (unpaired) electrons. The molecule has 16 heavy (non-hydrogen) atoms. The van der Waals surface area contributed by atoms with Crippen molar-refractivity contribution in [3.63, 3.8) is 0 Å². The van der Waals surface area contributed by atoms with Crippen LogP contribution in [-0.4, -0.2) is 21.8 Å². The summed E-state index contributed by atoms with van der Waals surface area (Å²) in [5, 5.41) is 7.29. The van der Waals surface area contributed by atoms with Gasteiger partial charge in [-0.05, 0) is 35.1 Å². The highest BCUT2D eigenvalue weighted by Crippen LogP contribution is 2.08. The highest BCUT2D eigenvalue weighted by molar-refractivity contribution is 9.10. The Kier molecular flexibility index (Phi) is 3.69. The van der Waals surface area contributed by atoms with Crippen LogP contribution in [0.3, 0.4) is 0 Å². The van der Waals surface area contributed by atoms with Crippen LogP contribution in [-0.2, 0) is 13.1 Å². The van der Waals surface area contributed by atoms with Crippen LogP contribution in [0, 0.1) is 0 Å².